The molecule has 0 atom stereocenters. The van der Waals surface area contributed by atoms with Crippen LogP contribution in [0.25, 0.3) is 21.9 Å². The Labute approximate surface area is 128 Å². The van der Waals surface area contributed by atoms with Crippen molar-refractivity contribution in [3.05, 3.63) is 35.9 Å². The van der Waals surface area contributed by atoms with Crippen molar-refractivity contribution >= 4 is 33.3 Å². The fraction of sp³-hybridized carbons (Fsp3) is 0.294. The largest absolute Gasteiger partial charge is 0.454 e. The molecule has 0 amide bonds. The zero-order valence-electron chi connectivity index (χ0n) is 12.5. The number of hydrogen-bond donors (Lipinski definition) is 3. The van der Waals surface area contributed by atoms with Crippen molar-refractivity contribution in [2.75, 3.05) is 36.9 Å². The molecule has 3 aromatic rings. The number of hydrogen-bond acceptors (Lipinski definition) is 5. The van der Waals surface area contributed by atoms with Crippen LogP contribution in [-0.4, -0.2) is 36.5 Å². The number of aliphatic hydroxyl groups excluding tert-OH is 2. The van der Waals surface area contributed by atoms with Gasteiger partial charge in [-0.2, -0.15) is 0 Å². The lowest BCUT2D eigenvalue weighted by molar-refractivity contribution is 0.281. The number of nitrogens with zero attached hydrogens (tertiary/aromatic N) is 1. The van der Waals surface area contributed by atoms with Crippen LogP contribution in [0.3, 0.4) is 0 Å². The second kappa shape index (κ2) is 5.87. The first-order valence-corrected chi connectivity index (χ1v) is 7.34. The van der Waals surface area contributed by atoms with Gasteiger partial charge in [0.15, 0.2) is 5.58 Å². The molecule has 0 saturated heterocycles. The summed E-state index contributed by atoms with van der Waals surface area (Å²) in [6.07, 6.45) is 0. The molecule has 1 aromatic heterocycles. The van der Waals surface area contributed by atoms with Crippen LogP contribution in [0.5, 0.6) is 0 Å². The van der Waals surface area contributed by atoms with Crippen LogP contribution < -0.4 is 10.6 Å². The molecule has 0 fully saturated rings. The molecule has 2 aromatic carbocycles. The van der Waals surface area contributed by atoms with Crippen LogP contribution in [0.4, 0.5) is 11.4 Å². The summed E-state index contributed by atoms with van der Waals surface area (Å²) >= 11 is 0. The molecule has 0 unspecified atom stereocenters. The molecule has 0 aliphatic heterocycles. The van der Waals surface area contributed by atoms with Crippen molar-refractivity contribution in [2.45, 2.75) is 6.92 Å². The molecule has 5 nitrogen and oxygen atoms in total. The number of nitrogen functional groups attached to an aromatic ring is 1. The molecule has 5 heteroatoms. The first-order valence-electron chi connectivity index (χ1n) is 7.34. The second-order valence-corrected chi connectivity index (χ2v) is 5.36. The Morgan fingerprint density at radius 3 is 2.50 bits per heavy atom. The Morgan fingerprint density at radius 1 is 1.14 bits per heavy atom. The van der Waals surface area contributed by atoms with E-state index in [1.807, 2.05) is 42.2 Å². The maximum absolute atomic E-state index is 9.31. The summed E-state index contributed by atoms with van der Waals surface area (Å²) in [5.74, 6) is 0. The first kappa shape index (κ1) is 14.7. The molecule has 3 rings (SSSR count). The molecule has 0 saturated carbocycles. The van der Waals surface area contributed by atoms with E-state index >= 15 is 0 Å². The highest BCUT2D eigenvalue weighted by Gasteiger charge is 2.19. The highest BCUT2D eigenvalue weighted by atomic mass is 16.3. The van der Waals surface area contributed by atoms with Crippen molar-refractivity contribution in [1.82, 2.24) is 0 Å². The number of fused-ring (bicyclic) bond motifs is 3. The van der Waals surface area contributed by atoms with Gasteiger partial charge in [-0.15, -0.1) is 0 Å². The normalized spacial score (nSPS) is 11.4. The van der Waals surface area contributed by atoms with Crippen LogP contribution in [0, 0.1) is 6.92 Å². The minimum atomic E-state index is 0.0146. The third-order valence-electron chi connectivity index (χ3n) is 3.95. The summed E-state index contributed by atoms with van der Waals surface area (Å²) in [5.41, 5.74) is 10.1. The van der Waals surface area contributed by atoms with Crippen LogP contribution >= 0.6 is 0 Å². The molecular formula is C17H20N2O3. The van der Waals surface area contributed by atoms with E-state index in [0.717, 1.165) is 27.6 Å². The van der Waals surface area contributed by atoms with Crippen molar-refractivity contribution < 1.29 is 14.6 Å². The Bertz CT molecular complexity index is 804. The summed E-state index contributed by atoms with van der Waals surface area (Å²) in [5, 5.41) is 20.5. The quantitative estimate of drug-likeness (QED) is 0.630. The van der Waals surface area contributed by atoms with Crippen molar-refractivity contribution in [2.24, 2.45) is 0 Å². The number of nitrogens with two attached hydrogens (primary N) is 1. The topological polar surface area (TPSA) is 82.9 Å². The van der Waals surface area contributed by atoms with Gasteiger partial charge in [-0.05, 0) is 24.6 Å². The average molecular weight is 300 g/mol. The minimum Gasteiger partial charge on any atom is -0.454 e. The van der Waals surface area contributed by atoms with Gasteiger partial charge in [0.05, 0.1) is 24.3 Å². The summed E-state index contributed by atoms with van der Waals surface area (Å²) < 4.78 is 5.93. The lowest BCUT2D eigenvalue weighted by atomic mass is 10.0. The Hall–Kier alpha value is -2.24. The van der Waals surface area contributed by atoms with Gasteiger partial charge in [0.1, 0.15) is 5.58 Å². The molecular weight excluding hydrogens is 280 g/mol. The van der Waals surface area contributed by atoms with Gasteiger partial charge in [0.25, 0.3) is 0 Å². The van der Waals surface area contributed by atoms with Crippen LogP contribution in [0.1, 0.15) is 5.56 Å². The molecule has 0 radical (unpaired) electrons. The fourth-order valence-electron chi connectivity index (χ4n) is 2.87. The Kier molecular flexibility index (Phi) is 3.92. The van der Waals surface area contributed by atoms with Crippen LogP contribution in [-0.2, 0) is 0 Å². The van der Waals surface area contributed by atoms with Gasteiger partial charge >= 0.3 is 0 Å². The number of para-hydroxylation sites is 1. The summed E-state index contributed by atoms with van der Waals surface area (Å²) in [6.45, 7) is 2.85. The molecule has 4 N–H and O–H groups in total. The molecule has 0 bridgehead atoms. The average Bonchev–Trinajstić information content (AvgIpc) is 2.90. The van der Waals surface area contributed by atoms with E-state index in [0.29, 0.717) is 24.4 Å². The molecule has 1 heterocycles. The van der Waals surface area contributed by atoms with Gasteiger partial charge in [-0.25, -0.2) is 0 Å². The third-order valence-corrected chi connectivity index (χ3v) is 3.95. The van der Waals surface area contributed by atoms with Crippen molar-refractivity contribution in [3.8, 4) is 0 Å². The predicted molar refractivity (Wildman–Crippen MR) is 89.3 cm³/mol. The zero-order valence-corrected chi connectivity index (χ0v) is 12.5. The summed E-state index contributed by atoms with van der Waals surface area (Å²) in [4.78, 5) is 1.96. The monoisotopic (exact) mass is 300 g/mol. The van der Waals surface area contributed by atoms with E-state index in [1.54, 1.807) is 0 Å². The van der Waals surface area contributed by atoms with Crippen LogP contribution in [0.2, 0.25) is 0 Å². The maximum atomic E-state index is 9.31. The van der Waals surface area contributed by atoms with E-state index in [2.05, 4.69) is 0 Å². The molecule has 22 heavy (non-hydrogen) atoms. The molecule has 116 valence electrons. The number of aryl methyl sites for hydroxylation is 1. The highest BCUT2D eigenvalue weighted by molar-refractivity contribution is 6.15. The number of aliphatic hydroxyl groups is 2. The van der Waals surface area contributed by atoms with Gasteiger partial charge in [0.2, 0.25) is 0 Å². The first-order chi connectivity index (χ1) is 10.7. The number of rotatable bonds is 5. The summed E-state index contributed by atoms with van der Waals surface area (Å²) in [7, 11) is 0. The van der Waals surface area contributed by atoms with Gasteiger partial charge in [-0.1, -0.05) is 18.2 Å². The number of benzene rings is 2. The summed E-state index contributed by atoms with van der Waals surface area (Å²) in [6, 6.07) is 9.78. The van der Waals surface area contributed by atoms with Crippen molar-refractivity contribution in [3.63, 3.8) is 0 Å². The lowest BCUT2D eigenvalue weighted by Gasteiger charge is -2.24. The van der Waals surface area contributed by atoms with E-state index < -0.39 is 0 Å². The SMILES string of the molecule is Cc1cc(N(CCO)CCO)c2c(oc3ccccc32)c1N. The van der Waals surface area contributed by atoms with Crippen LogP contribution in [0.15, 0.2) is 34.7 Å². The lowest BCUT2D eigenvalue weighted by Crippen LogP contribution is -2.29. The fourth-order valence-corrected chi connectivity index (χ4v) is 2.87. The van der Waals surface area contributed by atoms with Gasteiger partial charge in [0, 0.05) is 24.2 Å². The highest BCUT2D eigenvalue weighted by Crippen LogP contribution is 2.40. The Balaban J connectivity index is 2.34. The number of anilines is 2. The van der Waals surface area contributed by atoms with E-state index in [9.17, 15) is 10.2 Å². The Morgan fingerprint density at radius 2 is 1.82 bits per heavy atom. The van der Waals surface area contributed by atoms with Gasteiger partial charge < -0.3 is 25.3 Å². The molecule has 0 aliphatic rings. The maximum Gasteiger partial charge on any atom is 0.160 e. The van der Waals surface area contributed by atoms with E-state index in [-0.39, 0.29) is 13.2 Å². The molecule has 0 spiro atoms. The third kappa shape index (κ3) is 2.28. The smallest absolute Gasteiger partial charge is 0.160 e. The van der Waals surface area contributed by atoms with Crippen molar-refractivity contribution in [1.29, 1.82) is 0 Å². The standard InChI is InChI=1S/C17H20N2O3/c1-11-10-13(19(6-8-20)7-9-21)15-12-4-2-3-5-14(12)22-17(15)16(11)18/h2-5,10,20-21H,6-9,18H2,1H3. The predicted octanol–water partition coefficient (Wildman–Crippen LogP) is 2.27. The molecule has 0 aliphatic carbocycles. The van der Waals surface area contributed by atoms with E-state index in [4.69, 9.17) is 10.2 Å². The zero-order chi connectivity index (χ0) is 15.7. The minimum absolute atomic E-state index is 0.0146. The van der Waals surface area contributed by atoms with Gasteiger partial charge in [-0.3, -0.25) is 0 Å². The number of furan rings is 1. The second-order valence-electron chi connectivity index (χ2n) is 5.36. The van der Waals surface area contributed by atoms with E-state index in [1.165, 1.54) is 0 Å².